The Hall–Kier alpha value is -0.0500. The molecule has 0 aliphatic heterocycles. The predicted octanol–water partition coefficient (Wildman–Crippen LogP) is 3.94. The number of rotatable bonds is 4. The van der Waals surface area contributed by atoms with Crippen LogP contribution in [0.5, 0.6) is 0 Å². The molecule has 0 aromatic heterocycles. The normalized spacial score (nSPS) is 13.9. The molecule has 1 N–H and O–H groups in total. The smallest absolute Gasteiger partial charge is 0.0484 e. The number of alkyl halides is 1. The Morgan fingerprint density at radius 3 is 2.33 bits per heavy atom. The van der Waals surface area contributed by atoms with Crippen LogP contribution in [0.2, 0.25) is 0 Å². The molecule has 1 atom stereocenters. The highest BCUT2D eigenvalue weighted by Crippen LogP contribution is 2.16. The molecule has 84 valence electrons. The molecule has 3 heteroatoms. The summed E-state index contributed by atoms with van der Waals surface area (Å²) in [5, 5.41) is 3.55. The maximum absolute atomic E-state index is 6.09. The Kier molecular flexibility index (Phi) is 4.63. The lowest BCUT2D eigenvalue weighted by Gasteiger charge is -2.29. The maximum Gasteiger partial charge on any atom is 0.0484 e. The van der Waals surface area contributed by atoms with Crippen molar-refractivity contribution in [3.8, 4) is 0 Å². The molecule has 0 aliphatic carbocycles. The van der Waals surface area contributed by atoms with Gasteiger partial charge < -0.3 is 5.32 Å². The molecule has 0 spiro atoms. The van der Waals surface area contributed by atoms with E-state index in [1.807, 2.05) is 19.1 Å². The van der Waals surface area contributed by atoms with E-state index in [1.54, 1.807) is 0 Å². The maximum atomic E-state index is 6.09. The van der Waals surface area contributed by atoms with Gasteiger partial charge in [-0.2, -0.15) is 0 Å². The van der Waals surface area contributed by atoms with Crippen molar-refractivity contribution in [3.05, 3.63) is 34.3 Å². The lowest BCUT2D eigenvalue weighted by atomic mass is 10.0. The standard InChI is InChI=1S/C12H17BrClN/c1-9(14)12(2,3)15-8-10-4-6-11(13)7-5-10/h4-7,9,15H,8H2,1-3H3. The number of nitrogens with one attached hydrogen (secondary N) is 1. The third kappa shape index (κ3) is 4.13. The zero-order valence-corrected chi connectivity index (χ0v) is 11.7. The predicted molar refractivity (Wildman–Crippen MR) is 70.4 cm³/mol. The lowest BCUT2D eigenvalue weighted by Crippen LogP contribution is -2.45. The van der Waals surface area contributed by atoms with Gasteiger partial charge in [-0.05, 0) is 38.5 Å². The third-order valence-electron chi connectivity index (χ3n) is 2.66. The van der Waals surface area contributed by atoms with Crippen LogP contribution < -0.4 is 5.32 Å². The monoisotopic (exact) mass is 289 g/mol. The molecular weight excluding hydrogens is 273 g/mol. The first-order valence-electron chi connectivity index (χ1n) is 5.05. The van der Waals surface area contributed by atoms with Crippen molar-refractivity contribution in [1.82, 2.24) is 5.32 Å². The van der Waals surface area contributed by atoms with E-state index in [2.05, 4.69) is 47.2 Å². The van der Waals surface area contributed by atoms with Gasteiger partial charge in [0.25, 0.3) is 0 Å². The second-order valence-electron chi connectivity index (χ2n) is 4.32. The number of hydrogen-bond donors (Lipinski definition) is 1. The average Bonchev–Trinajstić information content (AvgIpc) is 2.17. The molecular formula is C12H17BrClN. The van der Waals surface area contributed by atoms with Gasteiger partial charge in [0, 0.05) is 21.9 Å². The summed E-state index contributed by atoms with van der Waals surface area (Å²) in [5.41, 5.74) is 1.22. The largest absolute Gasteiger partial charge is 0.306 e. The summed E-state index contributed by atoms with van der Waals surface area (Å²) in [6.07, 6.45) is 0. The molecule has 0 amide bonds. The first-order valence-corrected chi connectivity index (χ1v) is 6.28. The minimum atomic E-state index is -0.0470. The number of halogens is 2. The van der Waals surface area contributed by atoms with Crippen LogP contribution in [0, 0.1) is 0 Å². The Bertz CT molecular complexity index is 306. The molecule has 0 aliphatic rings. The molecule has 0 radical (unpaired) electrons. The summed E-state index contributed by atoms with van der Waals surface area (Å²) in [7, 11) is 0. The van der Waals surface area contributed by atoms with Gasteiger partial charge in [-0.25, -0.2) is 0 Å². The number of benzene rings is 1. The Balaban J connectivity index is 2.54. The Morgan fingerprint density at radius 1 is 1.33 bits per heavy atom. The van der Waals surface area contributed by atoms with Crippen LogP contribution >= 0.6 is 27.5 Å². The van der Waals surface area contributed by atoms with Gasteiger partial charge in [0.05, 0.1) is 0 Å². The first kappa shape index (κ1) is 13.0. The molecule has 0 bridgehead atoms. The SMILES string of the molecule is CC(Cl)C(C)(C)NCc1ccc(Br)cc1. The minimum absolute atomic E-state index is 0.0470. The third-order valence-corrected chi connectivity index (χ3v) is 3.73. The van der Waals surface area contributed by atoms with Gasteiger partial charge in [0.1, 0.15) is 0 Å². The summed E-state index contributed by atoms with van der Waals surface area (Å²) in [6.45, 7) is 7.08. The van der Waals surface area contributed by atoms with E-state index >= 15 is 0 Å². The van der Waals surface area contributed by atoms with Gasteiger partial charge in [0.2, 0.25) is 0 Å². The van der Waals surface area contributed by atoms with E-state index in [0.29, 0.717) is 0 Å². The second-order valence-corrected chi connectivity index (χ2v) is 5.89. The van der Waals surface area contributed by atoms with Gasteiger partial charge in [-0.1, -0.05) is 28.1 Å². The highest BCUT2D eigenvalue weighted by molar-refractivity contribution is 9.10. The van der Waals surface area contributed by atoms with E-state index in [-0.39, 0.29) is 10.9 Å². The molecule has 1 unspecified atom stereocenters. The summed E-state index contributed by atoms with van der Waals surface area (Å²) in [4.78, 5) is 0. The van der Waals surface area contributed by atoms with E-state index in [4.69, 9.17) is 11.6 Å². The van der Waals surface area contributed by atoms with Crippen LogP contribution in [0.15, 0.2) is 28.7 Å². The lowest BCUT2D eigenvalue weighted by molar-refractivity contribution is 0.380. The molecule has 1 nitrogen and oxygen atoms in total. The zero-order chi connectivity index (χ0) is 11.5. The molecule has 0 heterocycles. The van der Waals surface area contributed by atoms with Crippen molar-refractivity contribution in [1.29, 1.82) is 0 Å². The second kappa shape index (κ2) is 5.33. The highest BCUT2D eigenvalue weighted by Gasteiger charge is 2.22. The van der Waals surface area contributed by atoms with Crippen molar-refractivity contribution in [2.75, 3.05) is 0 Å². The van der Waals surface area contributed by atoms with E-state index in [1.165, 1.54) is 5.56 Å². The van der Waals surface area contributed by atoms with Gasteiger partial charge >= 0.3 is 0 Å². The molecule has 1 rings (SSSR count). The number of hydrogen-bond acceptors (Lipinski definition) is 1. The fourth-order valence-electron chi connectivity index (χ4n) is 1.07. The van der Waals surface area contributed by atoms with Crippen molar-refractivity contribution in [2.45, 2.75) is 38.2 Å². The van der Waals surface area contributed by atoms with Crippen LogP contribution in [0.25, 0.3) is 0 Å². The van der Waals surface area contributed by atoms with Crippen LogP contribution in [-0.4, -0.2) is 10.9 Å². The van der Waals surface area contributed by atoms with E-state index in [9.17, 15) is 0 Å². The minimum Gasteiger partial charge on any atom is -0.306 e. The highest BCUT2D eigenvalue weighted by atomic mass is 79.9. The van der Waals surface area contributed by atoms with Crippen molar-refractivity contribution >= 4 is 27.5 Å². The van der Waals surface area contributed by atoms with E-state index < -0.39 is 0 Å². The van der Waals surface area contributed by atoms with E-state index in [0.717, 1.165) is 11.0 Å². The quantitative estimate of drug-likeness (QED) is 0.828. The fraction of sp³-hybridized carbons (Fsp3) is 0.500. The topological polar surface area (TPSA) is 12.0 Å². The van der Waals surface area contributed by atoms with Gasteiger partial charge in [-0.3, -0.25) is 0 Å². The van der Waals surface area contributed by atoms with Crippen LogP contribution in [0.3, 0.4) is 0 Å². The van der Waals surface area contributed by atoms with Gasteiger partial charge in [-0.15, -0.1) is 11.6 Å². The molecule has 1 aromatic rings. The summed E-state index contributed by atoms with van der Waals surface area (Å²) in [5.74, 6) is 0. The fourth-order valence-corrected chi connectivity index (χ4v) is 1.41. The van der Waals surface area contributed by atoms with Crippen molar-refractivity contribution in [3.63, 3.8) is 0 Å². The summed E-state index contributed by atoms with van der Waals surface area (Å²) in [6, 6.07) is 8.31. The summed E-state index contributed by atoms with van der Waals surface area (Å²) < 4.78 is 1.11. The van der Waals surface area contributed by atoms with Crippen molar-refractivity contribution < 1.29 is 0 Å². The molecule has 0 saturated carbocycles. The van der Waals surface area contributed by atoms with Crippen molar-refractivity contribution in [2.24, 2.45) is 0 Å². The summed E-state index contributed by atoms with van der Waals surface area (Å²) >= 11 is 9.51. The zero-order valence-electron chi connectivity index (χ0n) is 9.35. The molecule has 0 saturated heterocycles. The van der Waals surface area contributed by atoms with Crippen LogP contribution in [-0.2, 0) is 6.54 Å². The first-order chi connectivity index (χ1) is 6.92. The Labute approximate surface area is 105 Å². The molecule has 15 heavy (non-hydrogen) atoms. The van der Waals surface area contributed by atoms with Crippen LogP contribution in [0.1, 0.15) is 26.3 Å². The van der Waals surface area contributed by atoms with Crippen LogP contribution in [0.4, 0.5) is 0 Å². The average molecular weight is 291 g/mol. The molecule has 1 aromatic carbocycles. The molecule has 0 fully saturated rings. The van der Waals surface area contributed by atoms with Gasteiger partial charge in [0.15, 0.2) is 0 Å². The Morgan fingerprint density at radius 2 is 1.87 bits per heavy atom.